The smallest absolute Gasteiger partial charge is 0.333 e. The Morgan fingerprint density at radius 1 is 1.26 bits per heavy atom. The summed E-state index contributed by atoms with van der Waals surface area (Å²) < 4.78 is 23.2. The maximum Gasteiger partial charge on any atom is 0.333 e. The van der Waals surface area contributed by atoms with Gasteiger partial charge in [-0.15, -0.1) is 0 Å². The van der Waals surface area contributed by atoms with Crippen LogP contribution in [0.4, 0.5) is 10.1 Å². The molecule has 0 aliphatic carbocycles. The Morgan fingerprint density at radius 3 is 2.42 bits per heavy atom. The van der Waals surface area contributed by atoms with Crippen molar-refractivity contribution >= 4 is 11.7 Å². The van der Waals surface area contributed by atoms with E-state index in [-0.39, 0.29) is 12.4 Å². The third-order valence-corrected chi connectivity index (χ3v) is 2.59. The van der Waals surface area contributed by atoms with Crippen LogP contribution in [0.2, 0.25) is 0 Å². The Bertz CT molecular complexity index is 408. The Morgan fingerprint density at radius 2 is 1.89 bits per heavy atom. The summed E-state index contributed by atoms with van der Waals surface area (Å²) in [6.45, 7) is 6.27. The molecule has 0 aliphatic heterocycles. The van der Waals surface area contributed by atoms with Gasteiger partial charge in [0.15, 0.2) is 5.54 Å². The van der Waals surface area contributed by atoms with Gasteiger partial charge in [0.05, 0.1) is 13.2 Å². The second-order valence-electron chi connectivity index (χ2n) is 4.32. The van der Waals surface area contributed by atoms with Crippen molar-refractivity contribution in [1.82, 2.24) is 0 Å². The fourth-order valence-corrected chi connectivity index (χ4v) is 1.59. The van der Waals surface area contributed by atoms with Crippen LogP contribution >= 0.6 is 0 Å². The van der Waals surface area contributed by atoms with Gasteiger partial charge in [-0.25, -0.2) is 9.18 Å². The van der Waals surface area contributed by atoms with Crippen molar-refractivity contribution in [3.8, 4) is 0 Å². The molecule has 1 unspecified atom stereocenters. The van der Waals surface area contributed by atoms with Crippen LogP contribution in [0.25, 0.3) is 0 Å². The van der Waals surface area contributed by atoms with Crippen LogP contribution < -0.4 is 5.32 Å². The SMILES string of the molecule is CCOCC(C)(Nc1ccc(F)cc1)C(=O)OCC. The average Bonchev–Trinajstić information content (AvgIpc) is 2.39. The lowest BCUT2D eigenvalue weighted by Gasteiger charge is -2.29. The zero-order valence-corrected chi connectivity index (χ0v) is 11.5. The zero-order valence-electron chi connectivity index (χ0n) is 11.5. The molecule has 0 saturated carbocycles. The van der Waals surface area contributed by atoms with Crippen molar-refractivity contribution < 1.29 is 18.7 Å². The van der Waals surface area contributed by atoms with Crippen LogP contribution in [0.15, 0.2) is 24.3 Å². The van der Waals surface area contributed by atoms with Gasteiger partial charge in [0.25, 0.3) is 0 Å². The second-order valence-corrected chi connectivity index (χ2v) is 4.32. The number of esters is 1. The van der Waals surface area contributed by atoms with Crippen molar-refractivity contribution in [3.63, 3.8) is 0 Å². The molecule has 5 heteroatoms. The molecule has 0 aliphatic rings. The minimum Gasteiger partial charge on any atom is -0.464 e. The first-order chi connectivity index (χ1) is 9.01. The van der Waals surface area contributed by atoms with Gasteiger partial charge in [0.2, 0.25) is 0 Å². The molecule has 0 radical (unpaired) electrons. The van der Waals surface area contributed by atoms with E-state index in [1.807, 2.05) is 6.92 Å². The number of benzene rings is 1. The van der Waals surface area contributed by atoms with Crippen molar-refractivity contribution in [3.05, 3.63) is 30.1 Å². The first-order valence-corrected chi connectivity index (χ1v) is 6.30. The third kappa shape index (κ3) is 4.52. The van der Waals surface area contributed by atoms with Gasteiger partial charge in [0, 0.05) is 12.3 Å². The van der Waals surface area contributed by atoms with Crippen LogP contribution in [0, 0.1) is 5.82 Å². The molecule has 0 bridgehead atoms. The van der Waals surface area contributed by atoms with Crippen molar-refractivity contribution in [2.75, 3.05) is 25.1 Å². The average molecular weight is 269 g/mol. The predicted octanol–water partition coefficient (Wildman–Crippen LogP) is 2.60. The van der Waals surface area contributed by atoms with E-state index in [1.165, 1.54) is 12.1 Å². The summed E-state index contributed by atoms with van der Waals surface area (Å²) in [5, 5.41) is 3.04. The highest BCUT2D eigenvalue weighted by molar-refractivity contribution is 5.84. The zero-order chi connectivity index (χ0) is 14.3. The molecular weight excluding hydrogens is 249 g/mol. The van der Waals surface area contributed by atoms with Gasteiger partial charge in [-0.1, -0.05) is 0 Å². The number of anilines is 1. The van der Waals surface area contributed by atoms with E-state index in [4.69, 9.17) is 9.47 Å². The third-order valence-electron chi connectivity index (χ3n) is 2.59. The van der Waals surface area contributed by atoms with Gasteiger partial charge < -0.3 is 14.8 Å². The van der Waals surface area contributed by atoms with Crippen LogP contribution in [0.5, 0.6) is 0 Å². The number of halogens is 1. The largest absolute Gasteiger partial charge is 0.464 e. The number of hydrogen-bond donors (Lipinski definition) is 1. The van der Waals surface area contributed by atoms with E-state index >= 15 is 0 Å². The van der Waals surface area contributed by atoms with Gasteiger partial charge in [-0.3, -0.25) is 0 Å². The van der Waals surface area contributed by atoms with Crippen molar-refractivity contribution in [1.29, 1.82) is 0 Å². The number of nitrogens with one attached hydrogen (secondary N) is 1. The number of rotatable bonds is 7. The maximum atomic E-state index is 12.9. The van der Waals surface area contributed by atoms with E-state index in [1.54, 1.807) is 26.0 Å². The van der Waals surface area contributed by atoms with Crippen LogP contribution in [0.3, 0.4) is 0 Å². The Balaban J connectivity index is 2.83. The lowest BCUT2D eigenvalue weighted by molar-refractivity contribution is -0.150. The molecule has 19 heavy (non-hydrogen) atoms. The summed E-state index contributed by atoms with van der Waals surface area (Å²) in [5.74, 6) is -0.721. The minimum absolute atomic E-state index is 0.180. The van der Waals surface area contributed by atoms with Crippen LogP contribution in [-0.2, 0) is 14.3 Å². The molecule has 0 fully saturated rings. The summed E-state index contributed by atoms with van der Waals surface area (Å²) in [5.41, 5.74) is -0.360. The summed E-state index contributed by atoms with van der Waals surface area (Å²) in [4.78, 5) is 12.0. The van der Waals surface area contributed by atoms with Gasteiger partial charge >= 0.3 is 5.97 Å². The molecule has 1 aromatic rings. The standard InChI is InChI=1S/C14H20FNO3/c1-4-18-10-14(3,13(17)19-5-2)16-12-8-6-11(15)7-9-12/h6-9,16H,4-5,10H2,1-3H3. The fourth-order valence-electron chi connectivity index (χ4n) is 1.59. The lowest BCUT2D eigenvalue weighted by Crippen LogP contribution is -2.48. The molecule has 1 N–H and O–H groups in total. The molecule has 1 atom stereocenters. The molecule has 1 rings (SSSR count). The number of hydrogen-bond acceptors (Lipinski definition) is 4. The quantitative estimate of drug-likeness (QED) is 0.773. The predicted molar refractivity (Wildman–Crippen MR) is 71.6 cm³/mol. The van der Waals surface area contributed by atoms with E-state index in [0.29, 0.717) is 18.9 Å². The molecule has 1 aromatic carbocycles. The summed E-state index contributed by atoms with van der Waals surface area (Å²) in [6, 6.07) is 5.79. The molecule has 0 spiro atoms. The lowest BCUT2D eigenvalue weighted by atomic mass is 10.0. The Kier molecular flexibility index (Phi) is 5.76. The van der Waals surface area contributed by atoms with Crippen molar-refractivity contribution in [2.24, 2.45) is 0 Å². The number of carbonyl (C=O) groups is 1. The number of carbonyl (C=O) groups excluding carboxylic acids is 1. The van der Waals surface area contributed by atoms with E-state index in [0.717, 1.165) is 0 Å². The van der Waals surface area contributed by atoms with E-state index in [9.17, 15) is 9.18 Å². The van der Waals surface area contributed by atoms with E-state index < -0.39 is 11.5 Å². The molecule has 0 amide bonds. The highest BCUT2D eigenvalue weighted by Gasteiger charge is 2.35. The second kappa shape index (κ2) is 7.09. The topological polar surface area (TPSA) is 47.6 Å². The first-order valence-electron chi connectivity index (χ1n) is 6.30. The molecule has 0 aromatic heterocycles. The highest BCUT2D eigenvalue weighted by Crippen LogP contribution is 2.18. The molecule has 106 valence electrons. The summed E-state index contributed by atoms with van der Waals surface area (Å²) >= 11 is 0. The molecule has 0 heterocycles. The Labute approximate surface area is 112 Å². The van der Waals surface area contributed by atoms with Crippen LogP contribution in [0.1, 0.15) is 20.8 Å². The molecular formula is C14H20FNO3. The molecule has 0 saturated heterocycles. The number of ether oxygens (including phenoxy) is 2. The molecule has 4 nitrogen and oxygen atoms in total. The maximum absolute atomic E-state index is 12.9. The van der Waals surface area contributed by atoms with Gasteiger partial charge in [-0.2, -0.15) is 0 Å². The fraction of sp³-hybridized carbons (Fsp3) is 0.500. The van der Waals surface area contributed by atoms with Crippen molar-refractivity contribution in [2.45, 2.75) is 26.3 Å². The highest BCUT2D eigenvalue weighted by atomic mass is 19.1. The first kappa shape index (κ1) is 15.4. The summed E-state index contributed by atoms with van der Waals surface area (Å²) in [7, 11) is 0. The van der Waals surface area contributed by atoms with E-state index in [2.05, 4.69) is 5.32 Å². The van der Waals surface area contributed by atoms with Gasteiger partial charge in [0.1, 0.15) is 5.82 Å². The summed E-state index contributed by atoms with van der Waals surface area (Å²) in [6.07, 6.45) is 0. The Hall–Kier alpha value is -1.62. The monoisotopic (exact) mass is 269 g/mol. The van der Waals surface area contributed by atoms with Crippen LogP contribution in [-0.4, -0.2) is 31.3 Å². The normalized spacial score (nSPS) is 13.7. The van der Waals surface area contributed by atoms with Gasteiger partial charge in [-0.05, 0) is 45.0 Å². The minimum atomic E-state index is -0.996.